The van der Waals surface area contributed by atoms with E-state index in [2.05, 4.69) is 11.6 Å². The summed E-state index contributed by atoms with van der Waals surface area (Å²) >= 11 is 0. The van der Waals surface area contributed by atoms with Crippen LogP contribution in [0.25, 0.3) is 0 Å². The van der Waals surface area contributed by atoms with Crippen molar-refractivity contribution in [3.05, 3.63) is 29.3 Å². The molecule has 0 fully saturated rings. The Hall–Kier alpha value is -0.910. The molecule has 5 heteroatoms. The fourth-order valence-corrected chi connectivity index (χ4v) is 3.64. The number of sulfonamides is 1. The minimum absolute atomic E-state index is 0.0501. The average Bonchev–Trinajstić information content (AvgIpc) is 2.35. The first-order valence-electron chi connectivity index (χ1n) is 6.73. The Balaban J connectivity index is 2.94. The van der Waals surface area contributed by atoms with Crippen LogP contribution in [0.2, 0.25) is 0 Å². The molecule has 0 radical (unpaired) electrons. The van der Waals surface area contributed by atoms with Gasteiger partial charge in [0.1, 0.15) is 0 Å². The van der Waals surface area contributed by atoms with Crippen LogP contribution < -0.4 is 10.5 Å². The Labute approximate surface area is 116 Å². The van der Waals surface area contributed by atoms with E-state index < -0.39 is 10.0 Å². The predicted molar refractivity (Wildman–Crippen MR) is 78.4 cm³/mol. The van der Waals surface area contributed by atoms with Gasteiger partial charge in [-0.2, -0.15) is 0 Å². The number of unbranched alkanes of at least 4 members (excludes halogenated alkanes) is 1. The quantitative estimate of drug-likeness (QED) is 0.807. The zero-order valence-electron chi connectivity index (χ0n) is 11.9. The van der Waals surface area contributed by atoms with Crippen molar-refractivity contribution in [1.82, 2.24) is 4.72 Å². The van der Waals surface area contributed by atoms with E-state index >= 15 is 0 Å². The van der Waals surface area contributed by atoms with Gasteiger partial charge in [0.2, 0.25) is 10.0 Å². The van der Waals surface area contributed by atoms with Crippen LogP contribution in [-0.2, 0) is 16.6 Å². The van der Waals surface area contributed by atoms with Crippen molar-refractivity contribution in [3.8, 4) is 0 Å². The van der Waals surface area contributed by atoms with Crippen LogP contribution in [0.3, 0.4) is 0 Å². The zero-order valence-corrected chi connectivity index (χ0v) is 12.8. The lowest BCUT2D eigenvalue weighted by molar-refractivity contribution is 0.534. The van der Waals surface area contributed by atoms with E-state index in [0.29, 0.717) is 11.4 Å². The largest absolute Gasteiger partial charge is 0.326 e. The maximum Gasteiger partial charge on any atom is 0.241 e. The Morgan fingerprint density at radius 1 is 1.37 bits per heavy atom. The summed E-state index contributed by atoms with van der Waals surface area (Å²) in [5, 5.41) is 0. The molecule has 0 bridgehead atoms. The maximum absolute atomic E-state index is 12.3. The normalized spacial score (nSPS) is 13.5. The van der Waals surface area contributed by atoms with E-state index in [1.165, 1.54) is 0 Å². The van der Waals surface area contributed by atoms with Gasteiger partial charge in [-0.15, -0.1) is 0 Å². The second-order valence-corrected chi connectivity index (χ2v) is 6.59. The number of rotatable bonds is 7. The standard InChI is InChI=1S/C14H24N2O2S/c1-4-5-7-11(2)16-19(17,18)14-9-6-8-13(10-15)12(14)3/h6,8-9,11,16H,4-5,7,10,15H2,1-3H3. The molecule has 0 heterocycles. The molecule has 1 aromatic carbocycles. The van der Waals surface area contributed by atoms with Crippen molar-refractivity contribution < 1.29 is 8.42 Å². The van der Waals surface area contributed by atoms with E-state index in [1.54, 1.807) is 19.1 Å². The zero-order chi connectivity index (χ0) is 14.5. The summed E-state index contributed by atoms with van der Waals surface area (Å²) in [6, 6.07) is 5.17. The fraction of sp³-hybridized carbons (Fsp3) is 0.571. The van der Waals surface area contributed by atoms with Crippen molar-refractivity contribution in [1.29, 1.82) is 0 Å². The molecule has 108 valence electrons. The van der Waals surface area contributed by atoms with Gasteiger partial charge >= 0.3 is 0 Å². The lowest BCUT2D eigenvalue weighted by atomic mass is 10.1. The number of benzene rings is 1. The van der Waals surface area contributed by atoms with E-state index in [-0.39, 0.29) is 6.04 Å². The molecule has 0 spiro atoms. The average molecular weight is 284 g/mol. The molecule has 0 aliphatic carbocycles. The molecule has 0 amide bonds. The second-order valence-electron chi connectivity index (χ2n) is 4.91. The lowest BCUT2D eigenvalue weighted by Crippen LogP contribution is -2.33. The molecular formula is C14H24N2O2S. The second kappa shape index (κ2) is 7.03. The van der Waals surface area contributed by atoms with Crippen LogP contribution in [0, 0.1) is 6.92 Å². The van der Waals surface area contributed by atoms with Crippen molar-refractivity contribution >= 4 is 10.0 Å². The highest BCUT2D eigenvalue weighted by molar-refractivity contribution is 7.89. The topological polar surface area (TPSA) is 72.2 Å². The minimum Gasteiger partial charge on any atom is -0.326 e. The molecule has 0 saturated carbocycles. The smallest absolute Gasteiger partial charge is 0.241 e. The van der Waals surface area contributed by atoms with Gasteiger partial charge in [-0.05, 0) is 37.5 Å². The van der Waals surface area contributed by atoms with Crippen molar-refractivity contribution in [2.45, 2.75) is 57.5 Å². The fourth-order valence-electron chi connectivity index (χ4n) is 2.07. The monoisotopic (exact) mass is 284 g/mol. The molecular weight excluding hydrogens is 260 g/mol. The molecule has 0 aromatic heterocycles. The highest BCUT2D eigenvalue weighted by atomic mass is 32.2. The first kappa shape index (κ1) is 16.1. The minimum atomic E-state index is -3.46. The molecule has 0 saturated heterocycles. The van der Waals surface area contributed by atoms with Crippen LogP contribution in [0.5, 0.6) is 0 Å². The molecule has 1 atom stereocenters. The van der Waals surface area contributed by atoms with Crippen LogP contribution >= 0.6 is 0 Å². The van der Waals surface area contributed by atoms with Crippen molar-refractivity contribution in [3.63, 3.8) is 0 Å². The summed E-state index contributed by atoms with van der Waals surface area (Å²) in [7, 11) is -3.46. The third-order valence-electron chi connectivity index (χ3n) is 3.25. The molecule has 0 aliphatic rings. The van der Waals surface area contributed by atoms with Crippen LogP contribution in [-0.4, -0.2) is 14.5 Å². The van der Waals surface area contributed by atoms with Gasteiger partial charge in [-0.25, -0.2) is 13.1 Å². The third kappa shape index (κ3) is 4.30. The molecule has 4 nitrogen and oxygen atoms in total. The first-order valence-corrected chi connectivity index (χ1v) is 8.21. The predicted octanol–water partition coefficient (Wildman–Crippen LogP) is 2.31. The van der Waals surface area contributed by atoms with E-state index in [4.69, 9.17) is 5.73 Å². The van der Waals surface area contributed by atoms with Crippen molar-refractivity contribution in [2.75, 3.05) is 0 Å². The van der Waals surface area contributed by atoms with Crippen molar-refractivity contribution in [2.24, 2.45) is 5.73 Å². The first-order chi connectivity index (χ1) is 8.92. The van der Waals surface area contributed by atoms with Crippen LogP contribution in [0.4, 0.5) is 0 Å². The Kier molecular flexibility index (Phi) is 5.97. The highest BCUT2D eigenvalue weighted by Crippen LogP contribution is 2.19. The van der Waals surface area contributed by atoms with Gasteiger partial charge in [0.05, 0.1) is 4.90 Å². The molecule has 1 aromatic rings. The number of hydrogen-bond acceptors (Lipinski definition) is 3. The van der Waals surface area contributed by atoms with E-state index in [9.17, 15) is 8.42 Å². The van der Waals surface area contributed by atoms with Gasteiger partial charge in [-0.3, -0.25) is 0 Å². The Bertz CT molecular complexity index is 512. The van der Waals surface area contributed by atoms with Crippen LogP contribution in [0.15, 0.2) is 23.1 Å². The third-order valence-corrected chi connectivity index (χ3v) is 4.99. The summed E-state index contributed by atoms with van der Waals surface area (Å²) in [6.07, 6.45) is 2.94. The number of nitrogens with one attached hydrogen (secondary N) is 1. The summed E-state index contributed by atoms with van der Waals surface area (Å²) in [5.74, 6) is 0. The highest BCUT2D eigenvalue weighted by Gasteiger charge is 2.20. The lowest BCUT2D eigenvalue weighted by Gasteiger charge is -2.16. The number of nitrogens with two attached hydrogens (primary N) is 1. The number of hydrogen-bond donors (Lipinski definition) is 2. The molecule has 1 rings (SSSR count). The summed E-state index contributed by atoms with van der Waals surface area (Å²) < 4.78 is 27.4. The van der Waals surface area contributed by atoms with Gasteiger partial charge < -0.3 is 5.73 Å². The van der Waals surface area contributed by atoms with Gasteiger partial charge in [0.15, 0.2) is 0 Å². The van der Waals surface area contributed by atoms with E-state index in [1.807, 2.05) is 13.0 Å². The van der Waals surface area contributed by atoms with Gasteiger partial charge in [-0.1, -0.05) is 31.9 Å². The Morgan fingerprint density at radius 2 is 2.05 bits per heavy atom. The molecule has 3 N–H and O–H groups in total. The SMILES string of the molecule is CCCCC(C)NS(=O)(=O)c1cccc(CN)c1C. The van der Waals surface area contributed by atoms with Gasteiger partial charge in [0, 0.05) is 12.6 Å². The maximum atomic E-state index is 12.3. The van der Waals surface area contributed by atoms with Gasteiger partial charge in [0.25, 0.3) is 0 Å². The Morgan fingerprint density at radius 3 is 2.63 bits per heavy atom. The summed E-state index contributed by atoms with van der Waals surface area (Å²) in [4.78, 5) is 0.332. The summed E-state index contributed by atoms with van der Waals surface area (Å²) in [5.41, 5.74) is 7.22. The van der Waals surface area contributed by atoms with E-state index in [0.717, 1.165) is 30.4 Å². The summed E-state index contributed by atoms with van der Waals surface area (Å²) in [6.45, 7) is 6.14. The molecule has 0 aliphatic heterocycles. The van der Waals surface area contributed by atoms with Crippen LogP contribution in [0.1, 0.15) is 44.2 Å². The molecule has 1 unspecified atom stereocenters. The molecule has 19 heavy (non-hydrogen) atoms.